The van der Waals surface area contributed by atoms with Crippen LogP contribution >= 0.6 is 22.7 Å². The van der Waals surface area contributed by atoms with Gasteiger partial charge in [-0.3, -0.25) is 0 Å². The van der Waals surface area contributed by atoms with Gasteiger partial charge in [0.15, 0.2) is 5.13 Å². The van der Waals surface area contributed by atoms with E-state index in [-0.39, 0.29) is 0 Å². The van der Waals surface area contributed by atoms with Crippen LogP contribution in [0.3, 0.4) is 0 Å². The number of hydrogen-bond acceptors (Lipinski definition) is 5. The summed E-state index contributed by atoms with van der Waals surface area (Å²) in [6.07, 6.45) is 6.74. The van der Waals surface area contributed by atoms with Crippen LogP contribution in [0.1, 0.15) is 48.7 Å². The first-order chi connectivity index (χ1) is 9.28. The van der Waals surface area contributed by atoms with Crippen molar-refractivity contribution < 1.29 is 0 Å². The van der Waals surface area contributed by atoms with E-state index in [1.165, 1.54) is 42.0 Å². The van der Waals surface area contributed by atoms with Gasteiger partial charge in [-0.25, -0.2) is 9.97 Å². The molecule has 0 spiro atoms. The highest BCUT2D eigenvalue weighted by Crippen LogP contribution is 2.39. The third-order valence-electron chi connectivity index (χ3n) is 3.72. The summed E-state index contributed by atoms with van der Waals surface area (Å²) in [6, 6.07) is 0. The van der Waals surface area contributed by atoms with Gasteiger partial charge in [-0.05, 0) is 19.8 Å². The number of aromatic nitrogens is 2. The van der Waals surface area contributed by atoms with Gasteiger partial charge >= 0.3 is 0 Å². The molecule has 3 rings (SSSR count). The molecule has 2 aromatic rings. The molecular weight excluding hydrogens is 274 g/mol. The van der Waals surface area contributed by atoms with Gasteiger partial charge in [0.2, 0.25) is 0 Å². The predicted molar refractivity (Wildman–Crippen MR) is 83.3 cm³/mol. The molecule has 0 unspecified atom stereocenters. The summed E-state index contributed by atoms with van der Waals surface area (Å²) in [6.45, 7) is 2.11. The fourth-order valence-corrected chi connectivity index (χ4v) is 4.61. The minimum Gasteiger partial charge on any atom is -0.365 e. The van der Waals surface area contributed by atoms with Gasteiger partial charge in [-0.1, -0.05) is 19.3 Å². The van der Waals surface area contributed by atoms with Crippen molar-refractivity contribution in [3.05, 3.63) is 16.1 Å². The van der Waals surface area contributed by atoms with Crippen LogP contribution in [0.25, 0.3) is 10.6 Å². The Bertz CT molecular complexity index is 553. The largest absolute Gasteiger partial charge is 0.365 e. The van der Waals surface area contributed by atoms with Crippen LogP contribution in [-0.4, -0.2) is 17.0 Å². The Morgan fingerprint density at radius 1 is 1.21 bits per heavy atom. The van der Waals surface area contributed by atoms with Crippen LogP contribution in [0.4, 0.5) is 5.13 Å². The molecule has 0 radical (unpaired) electrons. The van der Waals surface area contributed by atoms with Crippen molar-refractivity contribution in [3.63, 3.8) is 0 Å². The van der Waals surface area contributed by atoms with E-state index in [1.807, 2.05) is 18.4 Å². The van der Waals surface area contributed by atoms with Gasteiger partial charge in [-0.15, -0.1) is 22.7 Å². The maximum atomic E-state index is 4.81. The zero-order valence-electron chi connectivity index (χ0n) is 11.4. The molecule has 19 heavy (non-hydrogen) atoms. The van der Waals surface area contributed by atoms with Crippen molar-refractivity contribution >= 4 is 27.8 Å². The number of rotatable bonds is 3. The normalized spacial score (nSPS) is 16.7. The van der Waals surface area contributed by atoms with Crippen molar-refractivity contribution in [2.75, 3.05) is 12.4 Å². The van der Waals surface area contributed by atoms with Crippen LogP contribution in [0.5, 0.6) is 0 Å². The first kappa shape index (κ1) is 13.1. The van der Waals surface area contributed by atoms with Crippen molar-refractivity contribution in [2.45, 2.75) is 44.9 Å². The molecule has 0 bridgehead atoms. The molecule has 0 saturated heterocycles. The van der Waals surface area contributed by atoms with Gasteiger partial charge in [0.05, 0.1) is 21.3 Å². The lowest BCUT2D eigenvalue weighted by atomic mass is 9.90. The Kier molecular flexibility index (Phi) is 3.84. The molecule has 102 valence electrons. The van der Waals surface area contributed by atoms with E-state index in [4.69, 9.17) is 4.98 Å². The molecule has 0 atom stereocenters. The summed E-state index contributed by atoms with van der Waals surface area (Å²) in [5.41, 5.74) is 2.21. The number of hydrogen-bond donors (Lipinski definition) is 1. The fourth-order valence-electron chi connectivity index (χ4n) is 2.67. The average molecular weight is 293 g/mol. The van der Waals surface area contributed by atoms with Gasteiger partial charge in [-0.2, -0.15) is 0 Å². The minimum absolute atomic E-state index is 0.689. The highest BCUT2D eigenvalue weighted by atomic mass is 32.1. The molecule has 1 fully saturated rings. The van der Waals surface area contributed by atoms with E-state index in [0.717, 1.165) is 16.5 Å². The molecular formula is C14H19N3S2. The van der Waals surface area contributed by atoms with Crippen molar-refractivity contribution in [3.8, 4) is 10.6 Å². The first-order valence-electron chi connectivity index (χ1n) is 6.89. The predicted octanol–water partition coefficient (Wildman–Crippen LogP) is 4.66. The van der Waals surface area contributed by atoms with E-state index >= 15 is 0 Å². The Hall–Kier alpha value is -0.940. The van der Waals surface area contributed by atoms with E-state index in [9.17, 15) is 0 Å². The highest BCUT2D eigenvalue weighted by molar-refractivity contribution is 7.17. The maximum absolute atomic E-state index is 4.81. The number of aryl methyl sites for hydroxylation is 1. The zero-order valence-corrected chi connectivity index (χ0v) is 13.0. The molecule has 0 aliphatic heterocycles. The maximum Gasteiger partial charge on any atom is 0.182 e. The summed E-state index contributed by atoms with van der Waals surface area (Å²) < 4.78 is 0. The fraction of sp³-hybridized carbons (Fsp3) is 0.571. The molecule has 3 nitrogen and oxygen atoms in total. The molecule has 2 heterocycles. The second-order valence-corrected chi connectivity index (χ2v) is 6.98. The molecule has 2 aromatic heterocycles. The van der Waals surface area contributed by atoms with Crippen molar-refractivity contribution in [2.24, 2.45) is 0 Å². The van der Waals surface area contributed by atoms with Gasteiger partial charge in [0, 0.05) is 18.3 Å². The lowest BCUT2D eigenvalue weighted by Crippen LogP contribution is -2.03. The van der Waals surface area contributed by atoms with Gasteiger partial charge in [0.1, 0.15) is 0 Å². The third kappa shape index (κ3) is 2.67. The van der Waals surface area contributed by atoms with Gasteiger partial charge < -0.3 is 5.32 Å². The van der Waals surface area contributed by atoms with E-state index in [1.54, 1.807) is 11.3 Å². The molecule has 0 amide bonds. The first-order valence-corrected chi connectivity index (χ1v) is 8.58. The van der Waals surface area contributed by atoms with E-state index in [0.29, 0.717) is 5.92 Å². The molecule has 1 aliphatic rings. The van der Waals surface area contributed by atoms with Crippen molar-refractivity contribution in [1.82, 2.24) is 9.97 Å². The van der Waals surface area contributed by atoms with Crippen LogP contribution in [0, 0.1) is 6.92 Å². The molecule has 1 N–H and O–H groups in total. The van der Waals surface area contributed by atoms with Gasteiger partial charge in [0.25, 0.3) is 0 Å². The molecule has 1 saturated carbocycles. The van der Waals surface area contributed by atoms with Crippen LogP contribution in [-0.2, 0) is 0 Å². The van der Waals surface area contributed by atoms with Crippen LogP contribution in [0.15, 0.2) is 5.38 Å². The minimum atomic E-state index is 0.689. The van der Waals surface area contributed by atoms with E-state index < -0.39 is 0 Å². The SMILES string of the molecule is CNc1nc(-c2sc(C3CCCCC3)nc2C)cs1. The number of thiazole rings is 2. The number of nitrogens with one attached hydrogen (secondary N) is 1. The lowest BCUT2D eigenvalue weighted by Gasteiger charge is -2.18. The Morgan fingerprint density at radius 2 is 2.00 bits per heavy atom. The Balaban J connectivity index is 1.88. The Morgan fingerprint density at radius 3 is 2.68 bits per heavy atom. The zero-order chi connectivity index (χ0) is 13.2. The third-order valence-corrected chi connectivity index (χ3v) is 5.92. The monoisotopic (exact) mass is 293 g/mol. The average Bonchev–Trinajstić information content (AvgIpc) is 3.06. The second-order valence-electron chi connectivity index (χ2n) is 5.09. The summed E-state index contributed by atoms with van der Waals surface area (Å²) >= 11 is 3.50. The summed E-state index contributed by atoms with van der Waals surface area (Å²) in [4.78, 5) is 10.7. The van der Waals surface area contributed by atoms with Crippen molar-refractivity contribution in [1.29, 1.82) is 0 Å². The highest BCUT2D eigenvalue weighted by Gasteiger charge is 2.21. The topological polar surface area (TPSA) is 37.8 Å². The number of nitrogens with zero attached hydrogens (tertiary/aromatic N) is 2. The summed E-state index contributed by atoms with van der Waals surface area (Å²) in [7, 11) is 1.91. The number of anilines is 1. The quantitative estimate of drug-likeness (QED) is 0.894. The summed E-state index contributed by atoms with van der Waals surface area (Å²) in [5, 5.41) is 7.52. The molecule has 5 heteroatoms. The second kappa shape index (κ2) is 5.59. The van der Waals surface area contributed by atoms with Crippen LogP contribution in [0.2, 0.25) is 0 Å². The standard InChI is InChI=1S/C14H19N3S2/c1-9-12(11-8-18-14(15-2)17-11)19-13(16-9)10-6-4-3-5-7-10/h8,10H,3-7H2,1-2H3,(H,15,17). The smallest absolute Gasteiger partial charge is 0.182 e. The van der Waals surface area contributed by atoms with Crippen LogP contribution < -0.4 is 5.32 Å². The molecule has 0 aromatic carbocycles. The summed E-state index contributed by atoms with van der Waals surface area (Å²) in [5.74, 6) is 0.689. The Labute approximate surface area is 122 Å². The molecule has 1 aliphatic carbocycles. The van der Waals surface area contributed by atoms with E-state index in [2.05, 4.69) is 22.6 Å². The lowest BCUT2D eigenvalue weighted by molar-refractivity contribution is 0.442.